The number of ether oxygens (including phenoxy) is 2. The number of halogens is 2. The number of methoxy groups -OCH3 is 2. The minimum Gasteiger partial charge on any atom is -0.493 e. The first-order chi connectivity index (χ1) is 17.9. The van der Waals surface area contributed by atoms with Gasteiger partial charge in [0, 0.05) is 47.7 Å². The Morgan fingerprint density at radius 3 is 2.68 bits per heavy atom. The molecular formula is C27H31F2N5O3. The summed E-state index contributed by atoms with van der Waals surface area (Å²) in [6.07, 6.45) is 5.14. The van der Waals surface area contributed by atoms with E-state index in [0.29, 0.717) is 11.5 Å². The largest absolute Gasteiger partial charge is 0.493 e. The molecule has 10 heteroatoms. The molecule has 1 saturated heterocycles. The van der Waals surface area contributed by atoms with Crippen molar-refractivity contribution >= 4 is 11.7 Å². The normalized spacial score (nSPS) is 23.4. The van der Waals surface area contributed by atoms with E-state index >= 15 is 0 Å². The van der Waals surface area contributed by atoms with E-state index in [0.717, 1.165) is 56.6 Å². The van der Waals surface area contributed by atoms with Crippen LogP contribution in [0, 0.1) is 11.6 Å². The number of nitrogens with zero attached hydrogens (tertiary/aromatic N) is 2. The maximum Gasteiger partial charge on any atom is 0.319 e. The van der Waals surface area contributed by atoms with Gasteiger partial charge in [-0.15, -0.1) is 0 Å². The summed E-state index contributed by atoms with van der Waals surface area (Å²) in [5.41, 5.74) is 2.34. The minimum absolute atomic E-state index is 0.0778. The maximum atomic E-state index is 13.6. The first kappa shape index (κ1) is 25.0. The summed E-state index contributed by atoms with van der Waals surface area (Å²) in [5, 5.41) is 12.8. The van der Waals surface area contributed by atoms with E-state index in [2.05, 4.69) is 37.9 Å². The van der Waals surface area contributed by atoms with Gasteiger partial charge in [-0.1, -0.05) is 6.07 Å². The number of H-pyrrole nitrogens is 1. The first-order valence-corrected chi connectivity index (χ1v) is 12.4. The number of anilines is 1. The molecule has 2 heterocycles. The third kappa shape index (κ3) is 4.98. The van der Waals surface area contributed by atoms with Gasteiger partial charge in [-0.2, -0.15) is 5.10 Å². The summed E-state index contributed by atoms with van der Waals surface area (Å²) in [6, 6.07) is 11.1. The maximum absolute atomic E-state index is 13.6. The van der Waals surface area contributed by atoms with Gasteiger partial charge in [0.2, 0.25) is 0 Å². The lowest BCUT2D eigenvalue weighted by Gasteiger charge is -2.45. The number of fused-ring (bicyclic) bond motifs is 1. The van der Waals surface area contributed by atoms with Crippen molar-refractivity contribution in [2.24, 2.45) is 0 Å². The monoisotopic (exact) mass is 511 g/mol. The van der Waals surface area contributed by atoms with Gasteiger partial charge < -0.3 is 20.1 Å². The Hall–Kier alpha value is -3.66. The lowest BCUT2D eigenvalue weighted by molar-refractivity contribution is 0.130. The van der Waals surface area contributed by atoms with Crippen LogP contribution in [-0.4, -0.2) is 54.0 Å². The molecule has 2 aliphatic rings. The zero-order valence-corrected chi connectivity index (χ0v) is 20.9. The standard InChI is InChI=1S/C27H31F2N5O3/c1-36-23-6-3-17(13-24(23)37-2)27-9-7-19(32-26(35)31-18-4-5-21(28)22(29)14-18)15-25(27)34(12-10-27)16-20-8-11-30-33-20/h3-6,8,11,13-14,19,25H,7,9-10,12,15-16H2,1-2H3,(H,30,33)(H2,31,32,35). The number of rotatable bonds is 7. The molecule has 3 atom stereocenters. The molecule has 3 unspecified atom stereocenters. The number of amides is 2. The number of benzene rings is 2. The van der Waals surface area contributed by atoms with Crippen LogP contribution >= 0.6 is 0 Å². The van der Waals surface area contributed by atoms with Crippen LogP contribution in [0.2, 0.25) is 0 Å². The van der Waals surface area contributed by atoms with Crippen LogP contribution < -0.4 is 20.1 Å². The van der Waals surface area contributed by atoms with Crippen molar-refractivity contribution in [2.75, 3.05) is 26.1 Å². The molecular weight excluding hydrogens is 480 g/mol. The molecule has 5 rings (SSSR count). The van der Waals surface area contributed by atoms with Crippen LogP contribution in [0.1, 0.15) is 36.9 Å². The molecule has 8 nitrogen and oxygen atoms in total. The highest BCUT2D eigenvalue weighted by molar-refractivity contribution is 5.89. The van der Waals surface area contributed by atoms with Crippen LogP contribution in [0.5, 0.6) is 11.5 Å². The average Bonchev–Trinajstić information content (AvgIpc) is 3.55. The predicted molar refractivity (Wildman–Crippen MR) is 135 cm³/mol. The molecule has 3 aromatic rings. The van der Waals surface area contributed by atoms with E-state index in [1.807, 2.05) is 12.1 Å². The summed E-state index contributed by atoms with van der Waals surface area (Å²) >= 11 is 0. The van der Waals surface area contributed by atoms with Crippen LogP contribution in [0.4, 0.5) is 19.3 Å². The second-order valence-corrected chi connectivity index (χ2v) is 9.74. The van der Waals surface area contributed by atoms with E-state index in [-0.39, 0.29) is 23.2 Å². The zero-order chi connectivity index (χ0) is 26.0. The Morgan fingerprint density at radius 1 is 1.11 bits per heavy atom. The van der Waals surface area contributed by atoms with Crippen molar-refractivity contribution in [1.82, 2.24) is 20.4 Å². The number of carbonyl (C=O) groups is 1. The number of hydrogen-bond donors (Lipinski definition) is 3. The number of urea groups is 1. The molecule has 1 aliphatic heterocycles. The van der Waals surface area contributed by atoms with Gasteiger partial charge in [0.15, 0.2) is 23.1 Å². The Morgan fingerprint density at radius 2 is 1.95 bits per heavy atom. The Bertz CT molecular complexity index is 1250. The lowest BCUT2D eigenvalue weighted by atomic mass is 9.65. The van der Waals surface area contributed by atoms with Crippen LogP contribution in [-0.2, 0) is 12.0 Å². The number of likely N-dealkylation sites (tertiary alicyclic amines) is 1. The topological polar surface area (TPSA) is 91.5 Å². The van der Waals surface area contributed by atoms with E-state index in [1.54, 1.807) is 20.4 Å². The molecule has 196 valence electrons. The second kappa shape index (κ2) is 10.4. The highest BCUT2D eigenvalue weighted by atomic mass is 19.2. The highest BCUT2D eigenvalue weighted by Gasteiger charge is 2.51. The van der Waals surface area contributed by atoms with E-state index in [1.165, 1.54) is 11.6 Å². The Labute approximate surface area is 214 Å². The number of hydrogen-bond acceptors (Lipinski definition) is 5. The van der Waals surface area contributed by atoms with Crippen LogP contribution in [0.15, 0.2) is 48.7 Å². The molecule has 2 amide bonds. The second-order valence-electron chi connectivity index (χ2n) is 9.74. The Balaban J connectivity index is 1.36. The first-order valence-electron chi connectivity index (χ1n) is 12.4. The SMILES string of the molecule is COc1ccc(C23CCC(NC(=O)Nc4ccc(F)c(F)c4)CC2N(Cc2ccn[nH]2)CC3)cc1OC. The fourth-order valence-corrected chi connectivity index (χ4v) is 5.97. The Kier molecular flexibility index (Phi) is 7.01. The van der Waals surface area contributed by atoms with Gasteiger partial charge in [-0.3, -0.25) is 10.00 Å². The van der Waals surface area contributed by atoms with Crippen molar-refractivity contribution in [1.29, 1.82) is 0 Å². The molecule has 1 aromatic heterocycles. The van der Waals surface area contributed by atoms with Gasteiger partial charge in [0.1, 0.15) is 0 Å². The number of aromatic nitrogens is 2. The minimum atomic E-state index is -1.00. The van der Waals surface area contributed by atoms with E-state index < -0.39 is 17.7 Å². The quantitative estimate of drug-likeness (QED) is 0.432. The molecule has 3 N–H and O–H groups in total. The van der Waals surface area contributed by atoms with Gasteiger partial charge in [0.05, 0.1) is 14.2 Å². The smallest absolute Gasteiger partial charge is 0.319 e. The van der Waals surface area contributed by atoms with Crippen molar-refractivity contribution in [2.45, 2.75) is 49.7 Å². The van der Waals surface area contributed by atoms with E-state index in [9.17, 15) is 13.6 Å². The molecule has 0 spiro atoms. The number of aromatic amines is 1. The number of nitrogens with one attached hydrogen (secondary N) is 3. The highest BCUT2D eigenvalue weighted by Crippen LogP contribution is 2.50. The fraction of sp³-hybridized carbons (Fsp3) is 0.407. The zero-order valence-electron chi connectivity index (χ0n) is 20.9. The van der Waals surface area contributed by atoms with Crippen molar-refractivity contribution in [3.63, 3.8) is 0 Å². The third-order valence-corrected chi connectivity index (χ3v) is 7.77. The summed E-state index contributed by atoms with van der Waals surface area (Å²) in [6.45, 7) is 1.64. The third-order valence-electron chi connectivity index (χ3n) is 7.77. The summed E-state index contributed by atoms with van der Waals surface area (Å²) < 4.78 is 37.9. The predicted octanol–water partition coefficient (Wildman–Crippen LogP) is 4.59. The number of carbonyl (C=O) groups excluding carboxylic acids is 1. The molecule has 2 fully saturated rings. The van der Waals surface area contributed by atoms with Crippen molar-refractivity contribution in [3.8, 4) is 11.5 Å². The molecule has 1 saturated carbocycles. The summed E-state index contributed by atoms with van der Waals surface area (Å²) in [7, 11) is 3.27. The van der Waals surface area contributed by atoms with Crippen molar-refractivity contribution in [3.05, 3.63) is 71.6 Å². The molecule has 0 bridgehead atoms. The molecule has 0 radical (unpaired) electrons. The van der Waals surface area contributed by atoms with E-state index in [4.69, 9.17) is 9.47 Å². The van der Waals surface area contributed by atoms with Gasteiger partial charge in [0.25, 0.3) is 0 Å². The van der Waals surface area contributed by atoms with Crippen LogP contribution in [0.25, 0.3) is 0 Å². The summed E-state index contributed by atoms with van der Waals surface area (Å²) in [5.74, 6) is -0.569. The van der Waals surface area contributed by atoms with Crippen LogP contribution in [0.3, 0.4) is 0 Å². The van der Waals surface area contributed by atoms with Crippen molar-refractivity contribution < 1.29 is 23.0 Å². The van der Waals surface area contributed by atoms with Gasteiger partial charge >= 0.3 is 6.03 Å². The molecule has 2 aromatic carbocycles. The average molecular weight is 512 g/mol. The summed E-state index contributed by atoms with van der Waals surface area (Å²) in [4.78, 5) is 15.2. The fourth-order valence-electron chi connectivity index (χ4n) is 5.97. The molecule has 1 aliphatic carbocycles. The lowest BCUT2D eigenvalue weighted by Crippen LogP contribution is -2.52. The molecule has 37 heavy (non-hydrogen) atoms. The van der Waals surface area contributed by atoms with Gasteiger partial charge in [-0.25, -0.2) is 13.6 Å². The van der Waals surface area contributed by atoms with Gasteiger partial charge in [-0.05, 0) is 68.1 Å².